The SMILES string of the molecule is Cc1cc(NN)c2c(F)ccc(Br)c2n1. The summed E-state index contributed by atoms with van der Waals surface area (Å²) in [6, 6.07) is 4.71. The van der Waals surface area contributed by atoms with Gasteiger partial charge in [0.05, 0.1) is 16.6 Å². The highest BCUT2D eigenvalue weighted by molar-refractivity contribution is 9.10. The smallest absolute Gasteiger partial charge is 0.134 e. The molecule has 0 saturated heterocycles. The Morgan fingerprint density at radius 3 is 2.87 bits per heavy atom. The fraction of sp³-hybridized carbons (Fsp3) is 0.100. The first-order chi connectivity index (χ1) is 7.13. The van der Waals surface area contributed by atoms with Gasteiger partial charge in [-0.2, -0.15) is 0 Å². The van der Waals surface area contributed by atoms with Gasteiger partial charge in [0.25, 0.3) is 0 Å². The quantitative estimate of drug-likeness (QED) is 0.618. The number of hydrazine groups is 1. The van der Waals surface area contributed by atoms with Gasteiger partial charge < -0.3 is 5.43 Å². The van der Waals surface area contributed by atoms with Crippen molar-refractivity contribution < 1.29 is 4.39 Å². The Morgan fingerprint density at radius 1 is 1.47 bits per heavy atom. The van der Waals surface area contributed by atoms with Crippen molar-refractivity contribution in [3.05, 3.63) is 34.2 Å². The standard InChI is InChI=1S/C10H9BrFN3/c1-5-4-8(15-13)9-7(12)3-2-6(11)10(9)14-5/h2-4H,13H2,1H3,(H,14,15). The van der Waals surface area contributed by atoms with Crippen LogP contribution in [-0.4, -0.2) is 4.98 Å². The van der Waals surface area contributed by atoms with Crippen molar-refractivity contribution in [3.8, 4) is 0 Å². The molecule has 0 fully saturated rings. The Hall–Kier alpha value is -1.20. The van der Waals surface area contributed by atoms with Crippen molar-refractivity contribution in [3.63, 3.8) is 0 Å². The second-order valence-electron chi connectivity index (χ2n) is 3.21. The number of hydrogen-bond donors (Lipinski definition) is 2. The van der Waals surface area contributed by atoms with Crippen LogP contribution in [0.1, 0.15) is 5.69 Å². The van der Waals surface area contributed by atoms with E-state index in [0.29, 0.717) is 16.6 Å². The number of benzene rings is 1. The molecule has 3 nitrogen and oxygen atoms in total. The predicted molar refractivity (Wildman–Crippen MR) is 61.9 cm³/mol. The topological polar surface area (TPSA) is 50.9 Å². The summed E-state index contributed by atoms with van der Waals surface area (Å²) in [6.45, 7) is 1.83. The summed E-state index contributed by atoms with van der Waals surface area (Å²) in [6.07, 6.45) is 0. The first-order valence-corrected chi connectivity index (χ1v) is 5.14. The fourth-order valence-corrected chi connectivity index (χ4v) is 1.93. The Morgan fingerprint density at radius 2 is 2.20 bits per heavy atom. The van der Waals surface area contributed by atoms with Gasteiger partial charge in [-0.05, 0) is 41.1 Å². The average molecular weight is 270 g/mol. The first kappa shape index (κ1) is 10.3. The molecule has 0 aliphatic heterocycles. The van der Waals surface area contributed by atoms with E-state index in [-0.39, 0.29) is 5.82 Å². The molecule has 1 heterocycles. The number of hydrogen-bond acceptors (Lipinski definition) is 3. The molecule has 0 saturated carbocycles. The minimum Gasteiger partial charge on any atom is -0.323 e. The number of nitrogens with zero attached hydrogens (tertiary/aromatic N) is 1. The summed E-state index contributed by atoms with van der Waals surface area (Å²) in [7, 11) is 0. The third-order valence-electron chi connectivity index (χ3n) is 2.14. The molecule has 0 radical (unpaired) electrons. The minimum atomic E-state index is -0.339. The Labute approximate surface area is 94.6 Å². The fourth-order valence-electron chi connectivity index (χ4n) is 1.51. The molecule has 0 aliphatic carbocycles. The maximum absolute atomic E-state index is 13.6. The van der Waals surface area contributed by atoms with Crippen molar-refractivity contribution in [2.45, 2.75) is 6.92 Å². The third kappa shape index (κ3) is 1.68. The summed E-state index contributed by atoms with van der Waals surface area (Å²) in [5, 5.41) is 0.400. The van der Waals surface area contributed by atoms with Crippen molar-refractivity contribution >= 4 is 32.5 Å². The zero-order chi connectivity index (χ0) is 11.0. The molecule has 0 spiro atoms. The lowest BCUT2D eigenvalue weighted by Gasteiger charge is -2.08. The van der Waals surface area contributed by atoms with Gasteiger partial charge in [-0.15, -0.1) is 0 Å². The van der Waals surface area contributed by atoms with Gasteiger partial charge >= 0.3 is 0 Å². The molecule has 5 heteroatoms. The molecule has 15 heavy (non-hydrogen) atoms. The van der Waals surface area contributed by atoms with E-state index in [1.165, 1.54) is 6.07 Å². The zero-order valence-corrected chi connectivity index (χ0v) is 9.60. The van der Waals surface area contributed by atoms with E-state index in [0.717, 1.165) is 10.2 Å². The molecule has 0 atom stereocenters. The summed E-state index contributed by atoms with van der Waals surface area (Å²) < 4.78 is 14.3. The Bertz CT molecular complexity index is 528. The Kier molecular flexibility index (Phi) is 2.58. The van der Waals surface area contributed by atoms with Crippen LogP contribution in [0.15, 0.2) is 22.7 Å². The number of anilines is 1. The predicted octanol–water partition coefficient (Wildman–Crippen LogP) is 2.73. The van der Waals surface area contributed by atoms with Crippen LogP contribution < -0.4 is 11.3 Å². The molecular formula is C10H9BrFN3. The molecule has 3 N–H and O–H groups in total. The van der Waals surface area contributed by atoms with E-state index >= 15 is 0 Å². The minimum absolute atomic E-state index is 0.339. The molecule has 2 rings (SSSR count). The lowest BCUT2D eigenvalue weighted by atomic mass is 10.1. The van der Waals surface area contributed by atoms with Crippen LogP contribution in [-0.2, 0) is 0 Å². The van der Waals surface area contributed by atoms with Crippen LogP contribution in [0.4, 0.5) is 10.1 Å². The number of nitrogens with one attached hydrogen (secondary N) is 1. The van der Waals surface area contributed by atoms with Crippen molar-refractivity contribution in [1.82, 2.24) is 4.98 Å². The van der Waals surface area contributed by atoms with E-state index in [1.54, 1.807) is 12.1 Å². The van der Waals surface area contributed by atoms with Gasteiger partial charge in [-0.1, -0.05) is 0 Å². The lowest BCUT2D eigenvalue weighted by molar-refractivity contribution is 0.639. The van der Waals surface area contributed by atoms with Crippen molar-refractivity contribution in [2.75, 3.05) is 5.43 Å². The molecule has 1 aromatic carbocycles. The molecule has 0 amide bonds. The third-order valence-corrected chi connectivity index (χ3v) is 2.78. The number of nitrogen functional groups attached to an aromatic ring is 1. The van der Waals surface area contributed by atoms with Crippen LogP contribution >= 0.6 is 15.9 Å². The monoisotopic (exact) mass is 269 g/mol. The van der Waals surface area contributed by atoms with E-state index in [4.69, 9.17) is 5.84 Å². The molecule has 0 aliphatic rings. The molecule has 0 bridgehead atoms. The second-order valence-corrected chi connectivity index (χ2v) is 4.06. The maximum atomic E-state index is 13.6. The van der Waals surface area contributed by atoms with E-state index in [2.05, 4.69) is 26.3 Å². The lowest BCUT2D eigenvalue weighted by Crippen LogP contribution is -2.08. The number of nitrogens with two attached hydrogens (primary N) is 1. The van der Waals surface area contributed by atoms with E-state index in [1.807, 2.05) is 6.92 Å². The normalized spacial score (nSPS) is 10.7. The Balaban J connectivity index is 2.95. The molecule has 1 aromatic heterocycles. The van der Waals surface area contributed by atoms with Crippen LogP contribution in [0.5, 0.6) is 0 Å². The van der Waals surface area contributed by atoms with Crippen LogP contribution in [0.25, 0.3) is 10.9 Å². The summed E-state index contributed by atoms with van der Waals surface area (Å²) in [5.41, 5.74) is 4.37. The van der Waals surface area contributed by atoms with Crippen LogP contribution in [0, 0.1) is 12.7 Å². The van der Waals surface area contributed by atoms with Crippen molar-refractivity contribution in [2.24, 2.45) is 5.84 Å². The summed E-state index contributed by atoms with van der Waals surface area (Å²) in [4.78, 5) is 4.26. The highest BCUT2D eigenvalue weighted by atomic mass is 79.9. The average Bonchev–Trinajstić information content (AvgIpc) is 2.22. The number of aryl methyl sites for hydroxylation is 1. The number of pyridine rings is 1. The maximum Gasteiger partial charge on any atom is 0.134 e. The van der Waals surface area contributed by atoms with E-state index in [9.17, 15) is 4.39 Å². The zero-order valence-electron chi connectivity index (χ0n) is 8.01. The molecule has 2 aromatic rings. The molecule has 78 valence electrons. The van der Waals surface area contributed by atoms with Gasteiger partial charge in [0.1, 0.15) is 5.82 Å². The largest absolute Gasteiger partial charge is 0.323 e. The van der Waals surface area contributed by atoms with Gasteiger partial charge in [0.2, 0.25) is 0 Å². The van der Waals surface area contributed by atoms with E-state index < -0.39 is 0 Å². The first-order valence-electron chi connectivity index (χ1n) is 4.35. The molecule has 0 unspecified atom stereocenters. The number of fused-ring (bicyclic) bond motifs is 1. The summed E-state index contributed by atoms with van der Waals surface area (Å²) in [5.74, 6) is 5.00. The van der Waals surface area contributed by atoms with Crippen LogP contribution in [0.3, 0.4) is 0 Å². The highest BCUT2D eigenvalue weighted by Gasteiger charge is 2.10. The van der Waals surface area contributed by atoms with Gasteiger partial charge in [0.15, 0.2) is 0 Å². The van der Waals surface area contributed by atoms with Crippen molar-refractivity contribution in [1.29, 1.82) is 0 Å². The van der Waals surface area contributed by atoms with Gasteiger partial charge in [0, 0.05) is 10.2 Å². The second kappa shape index (κ2) is 3.75. The number of rotatable bonds is 1. The van der Waals surface area contributed by atoms with Crippen LogP contribution in [0.2, 0.25) is 0 Å². The number of halogens is 2. The van der Waals surface area contributed by atoms with Gasteiger partial charge in [-0.3, -0.25) is 10.8 Å². The molecular weight excluding hydrogens is 261 g/mol. The highest BCUT2D eigenvalue weighted by Crippen LogP contribution is 2.30. The number of aromatic nitrogens is 1. The summed E-state index contributed by atoms with van der Waals surface area (Å²) >= 11 is 3.33. The van der Waals surface area contributed by atoms with Gasteiger partial charge in [-0.25, -0.2) is 4.39 Å².